The van der Waals surface area contributed by atoms with Crippen LogP contribution in [0.1, 0.15) is 25.0 Å². The van der Waals surface area contributed by atoms with Gasteiger partial charge in [0, 0.05) is 29.0 Å². The largest absolute Gasteiger partial charge is 0.275 e. The van der Waals surface area contributed by atoms with Crippen molar-refractivity contribution in [2.24, 2.45) is 0 Å². The molecule has 1 N–H and O–H groups in total. The third-order valence-corrected chi connectivity index (χ3v) is 4.20. The van der Waals surface area contributed by atoms with Gasteiger partial charge >= 0.3 is 0 Å². The second-order valence-electron chi connectivity index (χ2n) is 6.41. The molecular weight excluding hydrogens is 346 g/mol. The number of nitrogens with zero attached hydrogens (tertiary/aromatic N) is 4. The van der Waals surface area contributed by atoms with Gasteiger partial charge in [0.05, 0.1) is 0 Å². The number of carbonyl (C=O) groups is 3. The first-order valence-electron chi connectivity index (χ1n) is 8.31. The Hall–Kier alpha value is -3.55. The number of aromatic nitrogens is 3. The van der Waals surface area contributed by atoms with Crippen molar-refractivity contribution in [1.82, 2.24) is 25.2 Å². The van der Waals surface area contributed by atoms with E-state index in [4.69, 9.17) is 0 Å². The first-order valence-corrected chi connectivity index (χ1v) is 8.31. The lowest BCUT2D eigenvalue weighted by Gasteiger charge is -2.14. The Morgan fingerprint density at radius 2 is 1.59 bits per heavy atom. The lowest BCUT2D eigenvalue weighted by molar-refractivity contribution is -0.145. The lowest BCUT2D eigenvalue weighted by Crippen LogP contribution is -2.46. The first kappa shape index (κ1) is 18.2. The van der Waals surface area contributed by atoms with E-state index in [9.17, 15) is 14.4 Å². The summed E-state index contributed by atoms with van der Waals surface area (Å²) in [6.07, 6.45) is 4.04. The Morgan fingerprint density at radius 3 is 2.19 bits per heavy atom. The maximum Gasteiger partial charge on any atom is 0.275 e. The second kappa shape index (κ2) is 6.99. The zero-order valence-electron chi connectivity index (χ0n) is 15.5. The quantitative estimate of drug-likeness (QED) is 0.658. The molecule has 0 atom stereocenters. The predicted octanol–water partition coefficient (Wildman–Crippen LogP) is 1.77. The zero-order chi connectivity index (χ0) is 19.7. The highest BCUT2D eigenvalue weighted by atomic mass is 16.2. The van der Waals surface area contributed by atoms with Crippen LogP contribution in [0.5, 0.6) is 0 Å². The van der Waals surface area contributed by atoms with E-state index in [0.717, 1.165) is 16.7 Å². The summed E-state index contributed by atoms with van der Waals surface area (Å²) in [5.41, 5.74) is 6.00. The minimum absolute atomic E-state index is 0.318. The molecule has 0 bridgehead atoms. The highest BCUT2D eigenvalue weighted by Crippen LogP contribution is 2.19. The van der Waals surface area contributed by atoms with Gasteiger partial charge in [0.1, 0.15) is 6.33 Å². The van der Waals surface area contributed by atoms with Gasteiger partial charge in [0.15, 0.2) is 5.82 Å². The molecule has 0 saturated heterocycles. The van der Waals surface area contributed by atoms with Crippen LogP contribution in [0, 0.1) is 13.8 Å². The molecule has 1 aromatic heterocycles. The molecule has 2 aromatic rings. The van der Waals surface area contributed by atoms with Crippen LogP contribution in [-0.2, 0) is 14.4 Å². The van der Waals surface area contributed by atoms with Crippen LogP contribution in [0.3, 0.4) is 0 Å². The van der Waals surface area contributed by atoms with Crippen molar-refractivity contribution in [1.29, 1.82) is 0 Å². The topological polar surface area (TPSA) is 97.2 Å². The molecule has 0 fully saturated rings. The molecule has 0 unspecified atom stereocenters. The molecule has 1 aliphatic rings. The van der Waals surface area contributed by atoms with Crippen molar-refractivity contribution in [3.8, 4) is 11.4 Å². The Balaban J connectivity index is 1.68. The van der Waals surface area contributed by atoms with Gasteiger partial charge in [-0.15, -0.1) is 5.10 Å². The van der Waals surface area contributed by atoms with Crippen LogP contribution >= 0.6 is 0 Å². The van der Waals surface area contributed by atoms with E-state index in [1.807, 2.05) is 26.0 Å². The standard InChI is InChI=1S/C19H19N5O3/c1-11-7-12(2)9-15(8-11)17-20-10-23(22-17)6-5-16(25)21-24-18(26)13(3)14(4)19(24)27/h5-10H,1-4H3,(H,21,25)/b6-5-. The van der Waals surface area contributed by atoms with Gasteiger partial charge < -0.3 is 0 Å². The van der Waals surface area contributed by atoms with E-state index in [1.165, 1.54) is 23.3 Å². The van der Waals surface area contributed by atoms with Crippen molar-refractivity contribution in [3.05, 3.63) is 52.9 Å². The molecule has 1 aliphatic heterocycles. The number of amides is 3. The van der Waals surface area contributed by atoms with E-state index in [-0.39, 0.29) is 0 Å². The lowest BCUT2D eigenvalue weighted by atomic mass is 10.1. The SMILES string of the molecule is CC1=C(C)C(=O)N(NC(=O)/C=C\n2cnc(-c3cc(C)cc(C)c3)n2)C1=O. The van der Waals surface area contributed by atoms with E-state index >= 15 is 0 Å². The molecule has 0 spiro atoms. The van der Waals surface area contributed by atoms with Crippen LogP contribution in [0.2, 0.25) is 0 Å². The molecule has 0 saturated carbocycles. The fourth-order valence-corrected chi connectivity index (χ4v) is 2.72. The van der Waals surface area contributed by atoms with Gasteiger partial charge in [-0.25, -0.2) is 9.67 Å². The van der Waals surface area contributed by atoms with Gasteiger partial charge in [0.25, 0.3) is 17.7 Å². The van der Waals surface area contributed by atoms with Gasteiger partial charge in [-0.1, -0.05) is 17.2 Å². The number of hydrogen-bond acceptors (Lipinski definition) is 5. The van der Waals surface area contributed by atoms with Crippen molar-refractivity contribution in [3.63, 3.8) is 0 Å². The number of aryl methyl sites for hydroxylation is 2. The normalized spacial score (nSPS) is 14.6. The van der Waals surface area contributed by atoms with Gasteiger partial charge in [-0.3, -0.25) is 19.8 Å². The Kier molecular flexibility index (Phi) is 4.72. The predicted molar refractivity (Wildman–Crippen MR) is 98.6 cm³/mol. The van der Waals surface area contributed by atoms with Gasteiger partial charge in [-0.2, -0.15) is 5.01 Å². The number of rotatable bonds is 4. The summed E-state index contributed by atoms with van der Waals surface area (Å²) in [6, 6.07) is 6.01. The van der Waals surface area contributed by atoms with E-state index in [0.29, 0.717) is 22.0 Å². The summed E-state index contributed by atoms with van der Waals surface area (Å²) in [4.78, 5) is 40.1. The summed E-state index contributed by atoms with van der Waals surface area (Å²) >= 11 is 0. The van der Waals surface area contributed by atoms with Crippen molar-refractivity contribution in [2.75, 3.05) is 0 Å². The molecule has 1 aromatic carbocycles. The molecule has 0 aliphatic carbocycles. The van der Waals surface area contributed by atoms with Crippen LogP contribution in [0.4, 0.5) is 0 Å². The average Bonchev–Trinajstić information content (AvgIpc) is 3.16. The number of hydrogen-bond donors (Lipinski definition) is 1. The molecule has 2 heterocycles. The molecular formula is C19H19N5O3. The summed E-state index contributed by atoms with van der Waals surface area (Å²) in [7, 11) is 0. The molecule has 8 heteroatoms. The van der Waals surface area contributed by atoms with Crippen LogP contribution in [-0.4, -0.2) is 37.5 Å². The number of imide groups is 1. The Morgan fingerprint density at radius 1 is 1.00 bits per heavy atom. The summed E-state index contributed by atoms with van der Waals surface area (Å²) < 4.78 is 1.38. The van der Waals surface area contributed by atoms with Gasteiger partial charge in [-0.05, 0) is 39.8 Å². The molecule has 0 radical (unpaired) electrons. The van der Waals surface area contributed by atoms with E-state index in [1.54, 1.807) is 13.8 Å². The molecule has 3 rings (SSSR count). The van der Waals surface area contributed by atoms with Crippen molar-refractivity contribution < 1.29 is 14.4 Å². The Bertz CT molecular complexity index is 972. The maximum atomic E-state index is 12.0. The summed E-state index contributed by atoms with van der Waals surface area (Å²) in [5.74, 6) is -1.15. The van der Waals surface area contributed by atoms with Crippen molar-refractivity contribution in [2.45, 2.75) is 27.7 Å². The second-order valence-corrected chi connectivity index (χ2v) is 6.41. The van der Waals surface area contributed by atoms with Gasteiger partial charge in [0.2, 0.25) is 0 Å². The summed E-state index contributed by atoms with van der Waals surface area (Å²) in [6.45, 7) is 7.08. The van der Waals surface area contributed by atoms with E-state index < -0.39 is 17.7 Å². The van der Waals surface area contributed by atoms with E-state index in [2.05, 4.69) is 21.6 Å². The van der Waals surface area contributed by atoms with Crippen LogP contribution in [0.25, 0.3) is 17.6 Å². The molecule has 3 amide bonds. The average molecular weight is 365 g/mol. The third kappa shape index (κ3) is 3.69. The number of carbonyl (C=O) groups excluding carboxylic acids is 3. The monoisotopic (exact) mass is 365 g/mol. The highest BCUT2D eigenvalue weighted by Gasteiger charge is 2.34. The fraction of sp³-hybridized carbons (Fsp3) is 0.211. The van der Waals surface area contributed by atoms with Crippen LogP contribution in [0.15, 0.2) is 41.7 Å². The number of hydrazine groups is 1. The maximum absolute atomic E-state index is 12.0. The fourth-order valence-electron chi connectivity index (χ4n) is 2.72. The summed E-state index contributed by atoms with van der Waals surface area (Å²) in [5, 5.41) is 5.01. The smallest absolute Gasteiger partial charge is 0.268 e. The number of benzene rings is 1. The minimum atomic E-state index is -0.623. The first-order chi connectivity index (χ1) is 12.8. The van der Waals surface area contributed by atoms with Crippen LogP contribution < -0.4 is 5.43 Å². The highest BCUT2D eigenvalue weighted by molar-refractivity contribution is 6.19. The molecule has 8 nitrogen and oxygen atoms in total. The minimum Gasteiger partial charge on any atom is -0.268 e. The Labute approximate surface area is 156 Å². The molecule has 27 heavy (non-hydrogen) atoms. The zero-order valence-corrected chi connectivity index (χ0v) is 15.5. The van der Waals surface area contributed by atoms with Crippen molar-refractivity contribution >= 4 is 23.9 Å². The number of nitrogens with one attached hydrogen (secondary N) is 1. The molecule has 138 valence electrons. The third-order valence-electron chi connectivity index (χ3n) is 4.20.